The highest BCUT2D eigenvalue weighted by Gasteiger charge is 2.25. The van der Waals surface area contributed by atoms with Crippen LogP contribution in [0.15, 0.2) is 12.2 Å². The molecule has 0 radical (unpaired) electrons. The van der Waals surface area contributed by atoms with E-state index in [9.17, 15) is 19.2 Å². The van der Waals surface area contributed by atoms with Crippen LogP contribution in [0.3, 0.4) is 0 Å². The minimum Gasteiger partial charge on any atom is -0.353 e. The molecule has 0 saturated carbocycles. The molecule has 0 aliphatic carbocycles. The highest BCUT2D eigenvalue weighted by molar-refractivity contribution is 6.14. The number of nitrogens with one attached hydrogen (secondary N) is 2. The number of carbonyl (C=O) groups is 4. The lowest BCUT2D eigenvalue weighted by molar-refractivity contribution is -0.141. The lowest BCUT2D eigenvalue weighted by Crippen LogP contribution is -2.45. The van der Waals surface area contributed by atoms with Crippen molar-refractivity contribution in [1.29, 1.82) is 0 Å². The molecule has 23 heavy (non-hydrogen) atoms. The van der Waals surface area contributed by atoms with Gasteiger partial charge in [0.05, 0.1) is 6.04 Å². The standard InChI is InChI=1S/C14H23N5O4/c15-6-2-1-3-10(16)14(23)18-8-7-17-11(20)9-19-12(21)4-5-13(19)22/h4-5,10H,1-3,6-9,15-16H2,(H,17,20)(H,18,23)/t10-/m0/s1. The molecule has 0 saturated heterocycles. The van der Waals surface area contributed by atoms with Gasteiger partial charge in [0.1, 0.15) is 6.54 Å². The van der Waals surface area contributed by atoms with Crippen LogP contribution in [-0.4, -0.2) is 60.7 Å². The number of carbonyl (C=O) groups excluding carboxylic acids is 4. The van der Waals surface area contributed by atoms with E-state index in [1.807, 2.05) is 0 Å². The van der Waals surface area contributed by atoms with Crippen LogP contribution in [0.1, 0.15) is 19.3 Å². The largest absolute Gasteiger partial charge is 0.353 e. The Morgan fingerprint density at radius 3 is 2.30 bits per heavy atom. The Bertz CT molecular complexity index is 474. The number of imide groups is 1. The lowest BCUT2D eigenvalue weighted by Gasteiger charge is -2.14. The summed E-state index contributed by atoms with van der Waals surface area (Å²) in [7, 11) is 0. The topological polar surface area (TPSA) is 148 Å². The molecule has 1 heterocycles. The van der Waals surface area contributed by atoms with Gasteiger partial charge < -0.3 is 22.1 Å². The predicted molar refractivity (Wildman–Crippen MR) is 82.8 cm³/mol. The molecule has 0 fully saturated rings. The molecule has 0 aromatic rings. The van der Waals surface area contributed by atoms with E-state index in [0.717, 1.165) is 29.9 Å². The summed E-state index contributed by atoms with van der Waals surface area (Å²) in [4.78, 5) is 46.7. The predicted octanol–water partition coefficient (Wildman–Crippen LogP) is -2.40. The zero-order valence-electron chi connectivity index (χ0n) is 12.9. The quantitative estimate of drug-likeness (QED) is 0.260. The summed E-state index contributed by atoms with van der Waals surface area (Å²) in [6.45, 7) is 0.633. The maximum absolute atomic E-state index is 11.7. The second kappa shape index (κ2) is 9.70. The van der Waals surface area contributed by atoms with Crippen molar-refractivity contribution in [1.82, 2.24) is 15.5 Å². The maximum atomic E-state index is 11.7. The molecule has 9 nitrogen and oxygen atoms in total. The van der Waals surface area contributed by atoms with Gasteiger partial charge >= 0.3 is 0 Å². The molecule has 4 amide bonds. The zero-order valence-corrected chi connectivity index (χ0v) is 12.9. The number of rotatable bonds is 10. The van der Waals surface area contributed by atoms with Gasteiger partial charge in [-0.1, -0.05) is 6.42 Å². The number of hydrogen-bond donors (Lipinski definition) is 4. The Morgan fingerprint density at radius 2 is 1.70 bits per heavy atom. The van der Waals surface area contributed by atoms with Gasteiger partial charge in [0.15, 0.2) is 0 Å². The Hall–Kier alpha value is -2.26. The van der Waals surface area contributed by atoms with Gasteiger partial charge in [0.2, 0.25) is 11.8 Å². The van der Waals surface area contributed by atoms with Gasteiger partial charge in [-0.15, -0.1) is 0 Å². The third-order valence-electron chi connectivity index (χ3n) is 3.25. The average Bonchev–Trinajstić information content (AvgIpc) is 2.83. The third kappa shape index (κ3) is 6.57. The van der Waals surface area contributed by atoms with E-state index in [4.69, 9.17) is 11.5 Å². The van der Waals surface area contributed by atoms with E-state index in [1.54, 1.807) is 0 Å². The Morgan fingerprint density at radius 1 is 1.09 bits per heavy atom. The Labute approximate surface area is 134 Å². The number of amides is 4. The van der Waals surface area contributed by atoms with E-state index in [0.29, 0.717) is 13.0 Å². The van der Waals surface area contributed by atoms with Crippen LogP contribution in [0.5, 0.6) is 0 Å². The smallest absolute Gasteiger partial charge is 0.254 e. The van der Waals surface area contributed by atoms with Crippen LogP contribution in [0.2, 0.25) is 0 Å². The fourth-order valence-electron chi connectivity index (χ4n) is 1.94. The van der Waals surface area contributed by atoms with Gasteiger partial charge in [-0.2, -0.15) is 0 Å². The second-order valence-electron chi connectivity index (χ2n) is 5.13. The summed E-state index contributed by atoms with van der Waals surface area (Å²) in [6.07, 6.45) is 4.39. The van der Waals surface area contributed by atoms with Gasteiger partial charge in [-0.05, 0) is 19.4 Å². The number of hydrogen-bond acceptors (Lipinski definition) is 6. The molecule has 0 aromatic heterocycles. The van der Waals surface area contributed by atoms with Crippen LogP contribution in [0, 0.1) is 0 Å². The molecule has 1 atom stereocenters. The molecule has 1 aliphatic heterocycles. The van der Waals surface area contributed by atoms with E-state index >= 15 is 0 Å². The second-order valence-corrected chi connectivity index (χ2v) is 5.13. The first-order chi connectivity index (χ1) is 11.0. The summed E-state index contributed by atoms with van der Waals surface area (Å²) in [5.41, 5.74) is 11.1. The normalized spacial score (nSPS) is 15.0. The highest BCUT2D eigenvalue weighted by Crippen LogP contribution is 2.02. The molecule has 9 heteroatoms. The molecule has 0 aromatic carbocycles. The summed E-state index contributed by atoms with van der Waals surface area (Å²) in [5.74, 6) is -1.79. The number of nitrogens with zero attached hydrogens (tertiary/aromatic N) is 1. The van der Waals surface area contributed by atoms with E-state index < -0.39 is 23.8 Å². The first kappa shape index (κ1) is 18.8. The molecule has 0 bridgehead atoms. The third-order valence-corrected chi connectivity index (χ3v) is 3.25. The first-order valence-corrected chi connectivity index (χ1v) is 7.49. The molecular formula is C14H23N5O4. The summed E-state index contributed by atoms with van der Waals surface area (Å²) in [6, 6.07) is -0.594. The number of unbranched alkanes of at least 4 members (excludes halogenated alkanes) is 1. The van der Waals surface area contributed by atoms with Crippen molar-refractivity contribution in [2.45, 2.75) is 25.3 Å². The first-order valence-electron chi connectivity index (χ1n) is 7.49. The van der Waals surface area contributed by atoms with Crippen molar-refractivity contribution >= 4 is 23.6 Å². The molecule has 0 unspecified atom stereocenters. The van der Waals surface area contributed by atoms with Crippen molar-refractivity contribution < 1.29 is 19.2 Å². The maximum Gasteiger partial charge on any atom is 0.254 e. The fourth-order valence-corrected chi connectivity index (χ4v) is 1.94. The summed E-state index contributed by atoms with van der Waals surface area (Å²) in [5, 5.41) is 5.12. The Kier molecular flexibility index (Phi) is 7.92. The highest BCUT2D eigenvalue weighted by atomic mass is 16.2. The molecule has 1 aliphatic rings. The SMILES string of the molecule is NCCCC[C@H](N)C(=O)NCCNC(=O)CN1C(=O)C=CC1=O. The van der Waals surface area contributed by atoms with Crippen molar-refractivity contribution in [2.75, 3.05) is 26.2 Å². The van der Waals surface area contributed by atoms with Crippen molar-refractivity contribution in [3.8, 4) is 0 Å². The van der Waals surface area contributed by atoms with Crippen LogP contribution in [-0.2, 0) is 19.2 Å². The minimum atomic E-state index is -0.594. The monoisotopic (exact) mass is 325 g/mol. The zero-order chi connectivity index (χ0) is 17.2. The molecule has 6 N–H and O–H groups in total. The van der Waals surface area contributed by atoms with Crippen molar-refractivity contribution in [2.24, 2.45) is 11.5 Å². The van der Waals surface area contributed by atoms with Crippen LogP contribution in [0.25, 0.3) is 0 Å². The van der Waals surface area contributed by atoms with Gasteiger partial charge in [-0.25, -0.2) is 0 Å². The van der Waals surface area contributed by atoms with Gasteiger partial charge in [0.25, 0.3) is 11.8 Å². The Balaban J connectivity index is 2.14. The molecule has 0 spiro atoms. The minimum absolute atomic E-state index is 0.184. The fraction of sp³-hybridized carbons (Fsp3) is 0.571. The van der Waals surface area contributed by atoms with E-state index in [1.165, 1.54) is 0 Å². The van der Waals surface area contributed by atoms with Gasteiger partial charge in [-0.3, -0.25) is 24.1 Å². The lowest BCUT2D eigenvalue weighted by atomic mass is 10.1. The summed E-state index contributed by atoms with van der Waals surface area (Å²) < 4.78 is 0. The molecule has 1 rings (SSSR count). The van der Waals surface area contributed by atoms with Gasteiger partial charge in [0, 0.05) is 25.2 Å². The van der Waals surface area contributed by atoms with Crippen molar-refractivity contribution in [3.05, 3.63) is 12.2 Å². The van der Waals surface area contributed by atoms with E-state index in [-0.39, 0.29) is 25.5 Å². The molecular weight excluding hydrogens is 302 g/mol. The van der Waals surface area contributed by atoms with Crippen LogP contribution >= 0.6 is 0 Å². The number of nitrogens with two attached hydrogens (primary N) is 2. The van der Waals surface area contributed by atoms with Crippen LogP contribution < -0.4 is 22.1 Å². The van der Waals surface area contributed by atoms with Crippen LogP contribution in [0.4, 0.5) is 0 Å². The molecule has 128 valence electrons. The van der Waals surface area contributed by atoms with Crippen molar-refractivity contribution in [3.63, 3.8) is 0 Å². The summed E-state index contributed by atoms with van der Waals surface area (Å²) >= 11 is 0. The van der Waals surface area contributed by atoms with E-state index in [2.05, 4.69) is 10.6 Å². The average molecular weight is 325 g/mol.